The molecule has 0 radical (unpaired) electrons. The topological polar surface area (TPSA) is 84.5 Å². The summed E-state index contributed by atoms with van der Waals surface area (Å²) in [4.78, 5) is 12.7. The van der Waals surface area contributed by atoms with E-state index in [4.69, 9.17) is 4.74 Å². The summed E-state index contributed by atoms with van der Waals surface area (Å²) in [6, 6.07) is 16.8. The van der Waals surface area contributed by atoms with Crippen molar-refractivity contribution in [2.24, 2.45) is 0 Å². The highest BCUT2D eigenvalue weighted by Gasteiger charge is 2.18. The van der Waals surface area contributed by atoms with E-state index in [0.717, 1.165) is 21.2 Å². The van der Waals surface area contributed by atoms with Crippen LogP contribution in [0.3, 0.4) is 0 Å². The second-order valence-corrected chi connectivity index (χ2v) is 10.2. The molecule has 32 heavy (non-hydrogen) atoms. The van der Waals surface area contributed by atoms with Crippen LogP contribution in [0.25, 0.3) is 0 Å². The van der Waals surface area contributed by atoms with Crippen molar-refractivity contribution < 1.29 is 17.9 Å². The van der Waals surface area contributed by atoms with Gasteiger partial charge in [-0.1, -0.05) is 22.0 Å². The summed E-state index contributed by atoms with van der Waals surface area (Å²) in [5.41, 5.74) is 4.08. The number of ether oxygens (including phenoxy) is 1. The third-order valence-corrected chi connectivity index (χ3v) is 6.89. The van der Waals surface area contributed by atoms with Crippen molar-refractivity contribution in [2.75, 3.05) is 10.0 Å². The summed E-state index contributed by atoms with van der Waals surface area (Å²) in [6.07, 6.45) is -0.725. The lowest BCUT2D eigenvalue weighted by atomic mass is 10.1. The fraction of sp³-hybridized carbons (Fsp3) is 0.208. The molecule has 6 nitrogen and oxygen atoms in total. The number of sulfonamides is 1. The van der Waals surface area contributed by atoms with E-state index in [1.54, 1.807) is 43.3 Å². The number of carbonyl (C=O) groups excluding carboxylic acids is 1. The number of carbonyl (C=O) groups is 1. The average Bonchev–Trinajstić information content (AvgIpc) is 2.73. The van der Waals surface area contributed by atoms with Gasteiger partial charge in [-0.2, -0.15) is 0 Å². The van der Waals surface area contributed by atoms with Gasteiger partial charge in [0.05, 0.1) is 4.90 Å². The van der Waals surface area contributed by atoms with Gasteiger partial charge in [-0.25, -0.2) is 8.42 Å². The first-order valence-corrected chi connectivity index (χ1v) is 12.3. The fourth-order valence-corrected chi connectivity index (χ4v) is 4.38. The van der Waals surface area contributed by atoms with E-state index in [-0.39, 0.29) is 10.8 Å². The summed E-state index contributed by atoms with van der Waals surface area (Å²) in [6.45, 7) is 7.61. The van der Waals surface area contributed by atoms with Crippen LogP contribution in [0.4, 0.5) is 11.4 Å². The average molecular weight is 517 g/mol. The Hall–Kier alpha value is -2.84. The van der Waals surface area contributed by atoms with Gasteiger partial charge in [-0.3, -0.25) is 9.52 Å². The Bertz CT molecular complexity index is 1220. The second-order valence-electron chi connectivity index (χ2n) is 7.59. The Morgan fingerprint density at radius 3 is 2.16 bits per heavy atom. The van der Waals surface area contributed by atoms with E-state index >= 15 is 0 Å². The summed E-state index contributed by atoms with van der Waals surface area (Å²) >= 11 is 3.32. The first-order chi connectivity index (χ1) is 15.0. The molecule has 0 saturated carbocycles. The Balaban J connectivity index is 1.66. The van der Waals surface area contributed by atoms with E-state index < -0.39 is 16.1 Å². The Labute approximate surface area is 197 Å². The lowest BCUT2D eigenvalue weighted by molar-refractivity contribution is -0.122. The number of aryl methyl sites for hydroxylation is 2. The molecule has 0 aromatic heterocycles. The summed E-state index contributed by atoms with van der Waals surface area (Å²) in [7, 11) is -3.74. The van der Waals surface area contributed by atoms with Crippen LogP contribution in [0.15, 0.2) is 70.0 Å². The molecular weight excluding hydrogens is 492 g/mol. The van der Waals surface area contributed by atoms with Crippen molar-refractivity contribution >= 4 is 43.2 Å². The summed E-state index contributed by atoms with van der Waals surface area (Å²) in [5, 5.41) is 2.76. The normalized spacial score (nSPS) is 12.2. The minimum atomic E-state index is -3.74. The van der Waals surface area contributed by atoms with Crippen LogP contribution in [-0.2, 0) is 14.8 Å². The molecule has 3 aromatic carbocycles. The van der Waals surface area contributed by atoms with E-state index in [1.807, 2.05) is 26.8 Å². The third-order valence-electron chi connectivity index (χ3n) is 4.97. The lowest BCUT2D eigenvalue weighted by Gasteiger charge is -2.18. The SMILES string of the molecule is Cc1cc(C)c(C)c(O[C@H](C)C(=O)Nc2ccc(S(=O)(=O)Nc3ccc(Br)cc3)cc2)c1. The van der Waals surface area contributed by atoms with Crippen molar-refractivity contribution in [3.8, 4) is 5.75 Å². The summed E-state index contributed by atoms with van der Waals surface area (Å²) < 4.78 is 34.4. The molecule has 0 heterocycles. The molecule has 3 aromatic rings. The van der Waals surface area contributed by atoms with Gasteiger partial charge in [0.2, 0.25) is 0 Å². The molecule has 0 aliphatic heterocycles. The molecule has 0 saturated heterocycles. The zero-order valence-corrected chi connectivity index (χ0v) is 20.7. The van der Waals surface area contributed by atoms with Crippen LogP contribution in [0.2, 0.25) is 0 Å². The number of anilines is 2. The van der Waals surface area contributed by atoms with E-state index in [0.29, 0.717) is 17.1 Å². The number of rotatable bonds is 7. The third kappa shape index (κ3) is 5.89. The van der Waals surface area contributed by atoms with Crippen LogP contribution >= 0.6 is 15.9 Å². The molecule has 0 aliphatic rings. The largest absolute Gasteiger partial charge is 0.481 e. The Morgan fingerprint density at radius 2 is 1.53 bits per heavy atom. The molecule has 0 aliphatic carbocycles. The lowest BCUT2D eigenvalue weighted by Crippen LogP contribution is -2.30. The molecule has 0 bridgehead atoms. The quantitative estimate of drug-likeness (QED) is 0.429. The van der Waals surface area contributed by atoms with Crippen molar-refractivity contribution in [2.45, 2.75) is 38.7 Å². The first-order valence-electron chi connectivity index (χ1n) is 9.99. The van der Waals surface area contributed by atoms with Gasteiger partial charge < -0.3 is 10.1 Å². The maximum atomic E-state index is 12.6. The molecule has 168 valence electrons. The maximum Gasteiger partial charge on any atom is 0.265 e. The predicted molar refractivity (Wildman–Crippen MR) is 131 cm³/mol. The van der Waals surface area contributed by atoms with Crippen molar-refractivity contribution in [3.05, 3.63) is 81.8 Å². The number of halogens is 1. The number of amides is 1. The molecule has 1 atom stereocenters. The van der Waals surface area contributed by atoms with Gasteiger partial charge in [0, 0.05) is 15.8 Å². The van der Waals surface area contributed by atoms with E-state index in [9.17, 15) is 13.2 Å². The highest BCUT2D eigenvalue weighted by Crippen LogP contribution is 2.25. The molecular formula is C24H25BrN2O4S. The van der Waals surface area contributed by atoms with Gasteiger partial charge in [0.15, 0.2) is 6.10 Å². The first kappa shape index (κ1) is 23.8. The van der Waals surface area contributed by atoms with Crippen LogP contribution < -0.4 is 14.8 Å². The van der Waals surface area contributed by atoms with E-state index in [2.05, 4.69) is 32.0 Å². The fourth-order valence-electron chi connectivity index (χ4n) is 3.06. The van der Waals surface area contributed by atoms with Crippen molar-refractivity contribution in [3.63, 3.8) is 0 Å². The van der Waals surface area contributed by atoms with Gasteiger partial charge in [-0.15, -0.1) is 0 Å². The van der Waals surface area contributed by atoms with Crippen LogP contribution in [-0.4, -0.2) is 20.4 Å². The molecule has 2 N–H and O–H groups in total. The zero-order chi connectivity index (χ0) is 23.5. The minimum absolute atomic E-state index is 0.0913. The maximum absolute atomic E-state index is 12.6. The standard InChI is InChI=1S/C24H25BrN2O4S/c1-15-13-16(2)17(3)23(14-15)31-18(4)24(28)26-20-9-11-22(12-10-20)32(29,30)27-21-7-5-19(25)6-8-21/h5-14,18,27H,1-4H3,(H,26,28)/t18-/m1/s1. The Morgan fingerprint density at radius 1 is 0.938 bits per heavy atom. The number of hydrogen-bond donors (Lipinski definition) is 2. The summed E-state index contributed by atoms with van der Waals surface area (Å²) in [5.74, 6) is 0.345. The highest BCUT2D eigenvalue weighted by atomic mass is 79.9. The molecule has 1 amide bonds. The molecule has 8 heteroatoms. The molecule has 0 fully saturated rings. The highest BCUT2D eigenvalue weighted by molar-refractivity contribution is 9.10. The van der Waals surface area contributed by atoms with Crippen LogP contribution in [0, 0.1) is 20.8 Å². The number of benzene rings is 3. The van der Waals surface area contributed by atoms with Crippen molar-refractivity contribution in [1.82, 2.24) is 0 Å². The van der Waals surface area contributed by atoms with Gasteiger partial charge in [0.1, 0.15) is 5.75 Å². The predicted octanol–water partition coefficient (Wildman–Crippen LogP) is 5.58. The van der Waals surface area contributed by atoms with Gasteiger partial charge in [-0.05, 0) is 99.0 Å². The number of nitrogens with one attached hydrogen (secondary N) is 2. The van der Waals surface area contributed by atoms with Gasteiger partial charge in [0.25, 0.3) is 15.9 Å². The van der Waals surface area contributed by atoms with Crippen LogP contribution in [0.1, 0.15) is 23.6 Å². The molecule has 3 rings (SSSR count). The van der Waals surface area contributed by atoms with Crippen molar-refractivity contribution in [1.29, 1.82) is 0 Å². The number of hydrogen-bond acceptors (Lipinski definition) is 4. The molecule has 0 unspecified atom stereocenters. The minimum Gasteiger partial charge on any atom is -0.481 e. The molecule has 0 spiro atoms. The van der Waals surface area contributed by atoms with Crippen LogP contribution in [0.5, 0.6) is 5.75 Å². The smallest absolute Gasteiger partial charge is 0.265 e. The van der Waals surface area contributed by atoms with E-state index in [1.165, 1.54) is 12.1 Å². The second kappa shape index (κ2) is 9.75. The monoisotopic (exact) mass is 516 g/mol. The Kier molecular flexibility index (Phi) is 7.26. The zero-order valence-electron chi connectivity index (χ0n) is 18.3. The van der Waals surface area contributed by atoms with Gasteiger partial charge >= 0.3 is 0 Å².